The molecule has 0 atom stereocenters. The predicted octanol–water partition coefficient (Wildman–Crippen LogP) is 5.55. The molecule has 1 fully saturated rings. The number of rotatable bonds is 5. The van der Waals surface area contributed by atoms with Gasteiger partial charge in [-0.3, -0.25) is 0 Å². The average Bonchev–Trinajstić information content (AvgIpc) is 2.48. The van der Waals surface area contributed by atoms with E-state index in [0.29, 0.717) is 5.92 Å². The largest absolute Gasteiger partial charge is 0.206 e. The first-order chi connectivity index (χ1) is 9.74. The first kappa shape index (κ1) is 15.0. The smallest absolute Gasteiger partial charge is 0.141 e. The fraction of sp³-hybridized carbons (Fsp3) is 0.611. The highest BCUT2D eigenvalue weighted by Crippen LogP contribution is 2.38. The Morgan fingerprint density at radius 3 is 2.55 bits per heavy atom. The van der Waals surface area contributed by atoms with Crippen LogP contribution in [0.5, 0.6) is 0 Å². The van der Waals surface area contributed by atoms with Crippen molar-refractivity contribution in [2.45, 2.75) is 64.2 Å². The normalized spacial score (nSPS) is 22.4. The van der Waals surface area contributed by atoms with Gasteiger partial charge < -0.3 is 0 Å². The summed E-state index contributed by atoms with van der Waals surface area (Å²) >= 11 is 0. The van der Waals surface area contributed by atoms with Gasteiger partial charge in [0, 0.05) is 0 Å². The lowest BCUT2D eigenvalue weighted by atomic mass is 9.77. The van der Waals surface area contributed by atoms with Gasteiger partial charge in [0.15, 0.2) is 0 Å². The fourth-order valence-corrected chi connectivity index (χ4v) is 3.34. The zero-order valence-corrected chi connectivity index (χ0v) is 12.4. The summed E-state index contributed by atoms with van der Waals surface area (Å²) in [6.45, 7) is 2.25. The van der Waals surface area contributed by atoms with Crippen LogP contribution in [0, 0.1) is 23.1 Å². The highest BCUT2D eigenvalue weighted by atomic mass is 19.1. The van der Waals surface area contributed by atoms with Crippen molar-refractivity contribution in [3.8, 4) is 6.07 Å². The van der Waals surface area contributed by atoms with Crippen molar-refractivity contribution < 1.29 is 4.39 Å². The van der Waals surface area contributed by atoms with Gasteiger partial charge in [-0.05, 0) is 55.2 Å². The van der Waals surface area contributed by atoms with Gasteiger partial charge in [0.2, 0.25) is 0 Å². The molecule has 1 saturated carbocycles. The van der Waals surface area contributed by atoms with Gasteiger partial charge in [-0.25, -0.2) is 4.39 Å². The Labute approximate surface area is 121 Å². The summed E-state index contributed by atoms with van der Waals surface area (Å²) in [5.41, 5.74) is 1.23. The lowest BCUT2D eigenvalue weighted by Crippen LogP contribution is -2.13. The Bertz CT molecular complexity index is 467. The molecular weight excluding hydrogens is 249 g/mol. The topological polar surface area (TPSA) is 23.8 Å². The van der Waals surface area contributed by atoms with Crippen molar-refractivity contribution in [1.82, 2.24) is 0 Å². The van der Waals surface area contributed by atoms with Crippen molar-refractivity contribution in [3.63, 3.8) is 0 Å². The van der Waals surface area contributed by atoms with Crippen LogP contribution in [0.4, 0.5) is 4.39 Å². The van der Waals surface area contributed by atoms with E-state index in [1.807, 2.05) is 12.1 Å². The molecule has 0 N–H and O–H groups in total. The molecule has 1 nitrogen and oxygen atoms in total. The minimum absolute atomic E-state index is 0.155. The van der Waals surface area contributed by atoms with Crippen LogP contribution in [0.25, 0.3) is 0 Å². The monoisotopic (exact) mass is 273 g/mol. The summed E-state index contributed by atoms with van der Waals surface area (Å²) in [6.07, 6.45) is 10.2. The van der Waals surface area contributed by atoms with Gasteiger partial charge in [-0.2, -0.15) is 5.26 Å². The quantitative estimate of drug-likeness (QED) is 0.645. The number of nitriles is 1. The van der Waals surface area contributed by atoms with Gasteiger partial charge in [-0.1, -0.05) is 38.7 Å². The van der Waals surface area contributed by atoms with Crippen LogP contribution in [0.1, 0.15) is 75.3 Å². The fourth-order valence-electron chi connectivity index (χ4n) is 3.34. The molecule has 0 bridgehead atoms. The Kier molecular flexibility index (Phi) is 5.59. The third-order valence-electron chi connectivity index (χ3n) is 4.65. The number of unbranched alkanes of at least 4 members (excludes halogenated alkanes) is 2. The van der Waals surface area contributed by atoms with Crippen molar-refractivity contribution in [1.29, 1.82) is 5.26 Å². The van der Waals surface area contributed by atoms with Gasteiger partial charge in [0.25, 0.3) is 0 Å². The summed E-state index contributed by atoms with van der Waals surface area (Å²) in [6, 6.07) is 7.01. The molecule has 0 aliphatic heterocycles. The number of hydrogen-bond donors (Lipinski definition) is 0. The Morgan fingerprint density at radius 1 is 1.20 bits per heavy atom. The first-order valence-electron chi connectivity index (χ1n) is 7.94. The summed E-state index contributed by atoms with van der Waals surface area (Å²) < 4.78 is 13.7. The molecule has 1 aromatic carbocycles. The zero-order chi connectivity index (χ0) is 14.4. The number of nitrogens with zero attached hydrogens (tertiary/aromatic N) is 1. The Balaban J connectivity index is 1.87. The van der Waals surface area contributed by atoms with E-state index in [0.717, 1.165) is 11.5 Å². The van der Waals surface area contributed by atoms with Crippen LogP contribution >= 0.6 is 0 Å². The highest BCUT2D eigenvalue weighted by molar-refractivity contribution is 5.34. The molecular formula is C18H24FN. The maximum atomic E-state index is 13.7. The molecule has 0 amide bonds. The highest BCUT2D eigenvalue weighted by Gasteiger charge is 2.22. The van der Waals surface area contributed by atoms with E-state index in [1.54, 1.807) is 12.1 Å². The summed E-state index contributed by atoms with van der Waals surface area (Å²) in [5, 5.41) is 8.77. The molecule has 108 valence electrons. The van der Waals surface area contributed by atoms with Crippen LogP contribution < -0.4 is 0 Å². The summed E-state index contributed by atoms with van der Waals surface area (Å²) in [5.74, 6) is 0.996. The van der Waals surface area contributed by atoms with Crippen LogP contribution in [-0.4, -0.2) is 0 Å². The third-order valence-corrected chi connectivity index (χ3v) is 4.65. The van der Waals surface area contributed by atoms with Crippen molar-refractivity contribution in [3.05, 3.63) is 35.1 Å². The summed E-state index contributed by atoms with van der Waals surface area (Å²) in [7, 11) is 0. The first-order valence-corrected chi connectivity index (χ1v) is 7.94. The lowest BCUT2D eigenvalue weighted by molar-refractivity contribution is 0.302. The van der Waals surface area contributed by atoms with Gasteiger partial charge >= 0.3 is 0 Å². The van der Waals surface area contributed by atoms with Crippen molar-refractivity contribution in [2.24, 2.45) is 5.92 Å². The molecule has 0 spiro atoms. The lowest BCUT2D eigenvalue weighted by Gasteiger charge is -2.29. The van der Waals surface area contributed by atoms with E-state index >= 15 is 0 Å². The van der Waals surface area contributed by atoms with E-state index in [1.165, 1.54) is 51.4 Å². The molecule has 2 heteroatoms. The maximum Gasteiger partial charge on any atom is 0.141 e. The molecule has 0 heterocycles. The minimum atomic E-state index is -0.366. The SMILES string of the molecule is CCCCCC1CCC(c2ccc(C#N)c(F)c2)CC1. The van der Waals surface area contributed by atoms with Gasteiger partial charge in [0.1, 0.15) is 11.9 Å². The van der Waals surface area contributed by atoms with Crippen molar-refractivity contribution >= 4 is 0 Å². The van der Waals surface area contributed by atoms with Crippen LogP contribution in [0.3, 0.4) is 0 Å². The van der Waals surface area contributed by atoms with Crippen molar-refractivity contribution in [2.75, 3.05) is 0 Å². The average molecular weight is 273 g/mol. The molecule has 0 radical (unpaired) electrons. The molecule has 0 saturated heterocycles. The standard InChI is InChI=1S/C18H24FN/c1-2-3-4-5-14-6-8-15(9-7-14)16-10-11-17(13-20)18(19)12-16/h10-12,14-15H,2-9H2,1H3. The second kappa shape index (κ2) is 7.43. The summed E-state index contributed by atoms with van der Waals surface area (Å²) in [4.78, 5) is 0. The number of benzene rings is 1. The van der Waals surface area contributed by atoms with E-state index in [4.69, 9.17) is 5.26 Å². The molecule has 1 aliphatic rings. The molecule has 1 aromatic rings. The third kappa shape index (κ3) is 3.82. The second-order valence-corrected chi connectivity index (χ2v) is 6.06. The molecule has 0 aromatic heterocycles. The molecule has 0 unspecified atom stereocenters. The van der Waals surface area contributed by atoms with Gasteiger partial charge in [-0.15, -0.1) is 0 Å². The van der Waals surface area contributed by atoms with Crippen LogP contribution in [0.2, 0.25) is 0 Å². The predicted molar refractivity (Wildman–Crippen MR) is 80.0 cm³/mol. The van der Waals surface area contributed by atoms with Crippen LogP contribution in [0.15, 0.2) is 18.2 Å². The molecule has 1 aliphatic carbocycles. The number of halogens is 1. The van der Waals surface area contributed by atoms with E-state index in [-0.39, 0.29) is 11.4 Å². The Morgan fingerprint density at radius 2 is 1.95 bits per heavy atom. The maximum absolute atomic E-state index is 13.7. The zero-order valence-electron chi connectivity index (χ0n) is 12.4. The van der Waals surface area contributed by atoms with Crippen LogP contribution in [-0.2, 0) is 0 Å². The molecule has 20 heavy (non-hydrogen) atoms. The number of hydrogen-bond acceptors (Lipinski definition) is 1. The second-order valence-electron chi connectivity index (χ2n) is 6.06. The molecule has 2 rings (SSSR count). The van der Waals surface area contributed by atoms with E-state index < -0.39 is 0 Å². The van der Waals surface area contributed by atoms with Gasteiger partial charge in [0.05, 0.1) is 5.56 Å². The van der Waals surface area contributed by atoms with E-state index in [9.17, 15) is 4.39 Å². The minimum Gasteiger partial charge on any atom is -0.206 e. The Hall–Kier alpha value is -1.36. The van der Waals surface area contributed by atoms with E-state index in [2.05, 4.69) is 6.92 Å².